The zero-order valence-corrected chi connectivity index (χ0v) is 12.3. The zero-order valence-electron chi connectivity index (χ0n) is 10.7. The Morgan fingerprint density at radius 2 is 1.72 bits per heavy atom. The Morgan fingerprint density at radius 3 is 2.22 bits per heavy atom. The van der Waals surface area contributed by atoms with Gasteiger partial charge in [0.2, 0.25) is 0 Å². The fraction of sp³-hybridized carbons (Fsp3) is 0.538. The summed E-state index contributed by atoms with van der Waals surface area (Å²) in [5.74, 6) is 0.887. The van der Waals surface area contributed by atoms with Crippen LogP contribution >= 0.6 is 11.6 Å². The van der Waals surface area contributed by atoms with Gasteiger partial charge in [0.05, 0.1) is 5.75 Å². The van der Waals surface area contributed by atoms with Crippen LogP contribution in [0.4, 0.5) is 0 Å². The van der Waals surface area contributed by atoms with E-state index in [-0.39, 0.29) is 6.29 Å². The van der Waals surface area contributed by atoms with Gasteiger partial charge in [-0.2, -0.15) is 0 Å². The lowest BCUT2D eigenvalue weighted by Gasteiger charge is -2.16. The van der Waals surface area contributed by atoms with Crippen LogP contribution in [0, 0.1) is 0 Å². The van der Waals surface area contributed by atoms with E-state index in [1.54, 1.807) is 12.1 Å². The highest BCUT2D eigenvalue weighted by Crippen LogP contribution is 2.12. The molecule has 3 nitrogen and oxygen atoms in total. The molecule has 0 aromatic heterocycles. The average molecular weight is 291 g/mol. The van der Waals surface area contributed by atoms with Crippen LogP contribution in [0.2, 0.25) is 5.02 Å². The first-order valence-electron chi connectivity index (χ1n) is 5.98. The second-order valence-electron chi connectivity index (χ2n) is 3.72. The molecule has 1 aromatic rings. The van der Waals surface area contributed by atoms with Crippen LogP contribution in [0.25, 0.3) is 0 Å². The summed E-state index contributed by atoms with van der Waals surface area (Å²) in [7, 11) is -1.00. The molecule has 0 heterocycles. The number of rotatable bonds is 8. The maximum atomic E-state index is 12.0. The third-order valence-electron chi connectivity index (χ3n) is 2.27. The standard InChI is InChI=1S/C13H19ClO3S/c1-3-16-13(17-4-2)10-18(15)9-11-5-7-12(14)8-6-11/h5-8,13H,3-4,9-10H2,1-2H3. The molecule has 0 amide bonds. The number of ether oxygens (including phenoxy) is 2. The van der Waals surface area contributed by atoms with Crippen molar-refractivity contribution in [1.82, 2.24) is 0 Å². The Bertz CT molecular complexity index is 361. The quantitative estimate of drug-likeness (QED) is 0.691. The molecule has 0 spiro atoms. The van der Waals surface area contributed by atoms with Gasteiger partial charge >= 0.3 is 0 Å². The molecule has 0 aliphatic rings. The lowest BCUT2D eigenvalue weighted by molar-refractivity contribution is -0.120. The Kier molecular flexibility index (Phi) is 7.51. The molecule has 102 valence electrons. The molecule has 1 aromatic carbocycles. The molecule has 1 rings (SSSR count). The largest absolute Gasteiger partial charge is 0.352 e. The third kappa shape index (κ3) is 5.96. The van der Waals surface area contributed by atoms with Gasteiger partial charge in [-0.25, -0.2) is 0 Å². The van der Waals surface area contributed by atoms with Gasteiger partial charge in [0.15, 0.2) is 6.29 Å². The topological polar surface area (TPSA) is 35.5 Å². The molecule has 0 aliphatic carbocycles. The summed E-state index contributed by atoms with van der Waals surface area (Å²) >= 11 is 5.80. The van der Waals surface area contributed by atoms with Crippen molar-refractivity contribution < 1.29 is 13.7 Å². The van der Waals surface area contributed by atoms with Gasteiger partial charge in [-0.1, -0.05) is 23.7 Å². The van der Waals surface area contributed by atoms with E-state index < -0.39 is 10.8 Å². The summed E-state index contributed by atoms with van der Waals surface area (Å²) in [6, 6.07) is 7.38. The lowest BCUT2D eigenvalue weighted by Crippen LogP contribution is -2.25. The minimum Gasteiger partial charge on any atom is -0.352 e. The van der Waals surface area contributed by atoms with Crippen molar-refractivity contribution in [1.29, 1.82) is 0 Å². The SMILES string of the molecule is CCOC(CS(=O)Cc1ccc(Cl)cc1)OCC. The fourth-order valence-electron chi connectivity index (χ4n) is 1.49. The van der Waals surface area contributed by atoms with Crippen molar-refractivity contribution in [3.63, 3.8) is 0 Å². The predicted molar refractivity (Wildman–Crippen MR) is 75.2 cm³/mol. The van der Waals surface area contributed by atoms with E-state index in [0.29, 0.717) is 29.7 Å². The van der Waals surface area contributed by atoms with Gasteiger partial charge in [0, 0.05) is 34.8 Å². The van der Waals surface area contributed by atoms with Gasteiger partial charge in [-0.3, -0.25) is 4.21 Å². The molecule has 0 saturated heterocycles. The van der Waals surface area contributed by atoms with Crippen LogP contribution < -0.4 is 0 Å². The van der Waals surface area contributed by atoms with Crippen LogP contribution in [0.1, 0.15) is 19.4 Å². The van der Waals surface area contributed by atoms with E-state index in [1.165, 1.54) is 0 Å². The Balaban J connectivity index is 2.46. The minimum absolute atomic E-state index is 0.381. The summed E-state index contributed by atoms with van der Waals surface area (Å²) < 4.78 is 22.7. The minimum atomic E-state index is -1.00. The van der Waals surface area contributed by atoms with Crippen LogP contribution in [-0.4, -0.2) is 29.5 Å². The van der Waals surface area contributed by atoms with Crippen molar-refractivity contribution in [3.05, 3.63) is 34.9 Å². The van der Waals surface area contributed by atoms with E-state index in [9.17, 15) is 4.21 Å². The Hall–Kier alpha value is -0.420. The summed E-state index contributed by atoms with van der Waals surface area (Å²) in [5.41, 5.74) is 1.00. The molecule has 1 unspecified atom stereocenters. The fourth-order valence-corrected chi connectivity index (χ4v) is 2.80. The van der Waals surface area contributed by atoms with Crippen molar-refractivity contribution >= 4 is 22.4 Å². The van der Waals surface area contributed by atoms with Gasteiger partial charge in [-0.05, 0) is 31.5 Å². The molecular weight excluding hydrogens is 272 g/mol. The highest BCUT2D eigenvalue weighted by Gasteiger charge is 2.13. The maximum absolute atomic E-state index is 12.0. The van der Waals surface area contributed by atoms with E-state index in [2.05, 4.69) is 0 Å². The lowest BCUT2D eigenvalue weighted by atomic mass is 10.2. The first-order valence-corrected chi connectivity index (χ1v) is 7.85. The van der Waals surface area contributed by atoms with Crippen molar-refractivity contribution in [2.45, 2.75) is 25.9 Å². The van der Waals surface area contributed by atoms with E-state index >= 15 is 0 Å². The molecule has 18 heavy (non-hydrogen) atoms. The summed E-state index contributed by atoms with van der Waals surface area (Å²) in [4.78, 5) is 0. The number of benzene rings is 1. The van der Waals surface area contributed by atoms with Crippen LogP contribution in [0.15, 0.2) is 24.3 Å². The van der Waals surface area contributed by atoms with Crippen molar-refractivity contribution in [2.75, 3.05) is 19.0 Å². The normalized spacial score (nSPS) is 12.9. The number of hydrogen-bond acceptors (Lipinski definition) is 3. The molecule has 1 atom stereocenters. The van der Waals surface area contributed by atoms with Crippen molar-refractivity contribution in [2.24, 2.45) is 0 Å². The van der Waals surface area contributed by atoms with Gasteiger partial charge in [0.1, 0.15) is 0 Å². The first kappa shape index (κ1) is 15.6. The second-order valence-corrected chi connectivity index (χ2v) is 5.66. The van der Waals surface area contributed by atoms with Gasteiger partial charge in [-0.15, -0.1) is 0 Å². The highest BCUT2D eigenvalue weighted by molar-refractivity contribution is 7.84. The molecule has 0 aliphatic heterocycles. The van der Waals surface area contributed by atoms with Crippen molar-refractivity contribution in [3.8, 4) is 0 Å². The smallest absolute Gasteiger partial charge is 0.168 e. The molecule has 0 radical (unpaired) electrons. The molecule has 0 saturated carbocycles. The number of halogens is 1. The van der Waals surface area contributed by atoms with Crippen LogP contribution in [0.3, 0.4) is 0 Å². The summed E-state index contributed by atoms with van der Waals surface area (Å²) in [5, 5.41) is 0.686. The van der Waals surface area contributed by atoms with Gasteiger partial charge in [0.25, 0.3) is 0 Å². The summed E-state index contributed by atoms with van der Waals surface area (Å²) in [6.45, 7) is 4.91. The molecule has 5 heteroatoms. The van der Waals surface area contributed by atoms with E-state index in [1.807, 2.05) is 26.0 Å². The Morgan fingerprint density at radius 1 is 1.17 bits per heavy atom. The first-order chi connectivity index (χ1) is 8.65. The number of hydrogen-bond donors (Lipinski definition) is 0. The Labute approximate surface area is 116 Å². The van der Waals surface area contributed by atoms with Gasteiger partial charge < -0.3 is 9.47 Å². The molecule has 0 N–H and O–H groups in total. The monoisotopic (exact) mass is 290 g/mol. The van der Waals surface area contributed by atoms with Crippen LogP contribution in [-0.2, 0) is 26.0 Å². The van der Waals surface area contributed by atoms with Crippen LogP contribution in [0.5, 0.6) is 0 Å². The molecule has 0 bridgehead atoms. The van der Waals surface area contributed by atoms with E-state index in [4.69, 9.17) is 21.1 Å². The second kappa shape index (κ2) is 8.64. The highest BCUT2D eigenvalue weighted by atomic mass is 35.5. The molecule has 0 fully saturated rings. The maximum Gasteiger partial charge on any atom is 0.168 e. The predicted octanol–water partition coefficient (Wildman–Crippen LogP) is 2.99. The third-order valence-corrected chi connectivity index (χ3v) is 3.82. The van der Waals surface area contributed by atoms with E-state index in [0.717, 1.165) is 5.56 Å². The summed E-state index contributed by atoms with van der Waals surface area (Å²) in [6.07, 6.45) is -0.381. The average Bonchev–Trinajstić information content (AvgIpc) is 2.33. The molecular formula is C13H19ClO3S. The zero-order chi connectivity index (χ0) is 13.4.